The molecule has 0 bridgehead atoms. The van der Waals surface area contributed by atoms with Crippen molar-refractivity contribution in [2.75, 3.05) is 11.1 Å². The van der Waals surface area contributed by atoms with Crippen molar-refractivity contribution in [3.05, 3.63) is 51.6 Å². The van der Waals surface area contributed by atoms with E-state index in [9.17, 15) is 4.79 Å². The molecule has 0 unspecified atom stereocenters. The zero-order chi connectivity index (χ0) is 15.0. The van der Waals surface area contributed by atoms with Gasteiger partial charge in [-0.3, -0.25) is 4.79 Å². The number of hydrogen-bond donors (Lipinski definition) is 2. The first kappa shape index (κ1) is 14.0. The Kier molecular flexibility index (Phi) is 3.65. The number of nitrogens with one attached hydrogen (secondary N) is 1. The van der Waals surface area contributed by atoms with Crippen LogP contribution in [0.4, 0.5) is 11.4 Å². The van der Waals surface area contributed by atoms with Crippen LogP contribution in [0.25, 0.3) is 10.1 Å². The number of anilines is 2. The summed E-state index contributed by atoms with van der Waals surface area (Å²) in [6.45, 7) is 1.93. The van der Waals surface area contributed by atoms with E-state index in [1.165, 1.54) is 11.3 Å². The first-order valence-electron chi connectivity index (χ1n) is 6.25. The molecule has 0 saturated carbocycles. The average molecular weight is 362 g/mol. The van der Waals surface area contributed by atoms with E-state index in [1.807, 2.05) is 37.3 Å². The van der Waals surface area contributed by atoms with E-state index in [1.54, 1.807) is 6.20 Å². The Morgan fingerprint density at radius 2 is 2.14 bits per heavy atom. The molecule has 0 saturated heterocycles. The minimum Gasteiger partial charge on any atom is -0.399 e. The van der Waals surface area contributed by atoms with Crippen LogP contribution in [-0.2, 0) is 0 Å². The number of aryl methyl sites for hydroxylation is 1. The summed E-state index contributed by atoms with van der Waals surface area (Å²) in [5, 5.41) is 3.84. The van der Waals surface area contributed by atoms with Gasteiger partial charge in [-0.1, -0.05) is 0 Å². The standard InChI is InChI=1S/C15H12BrN3OS/c1-8-4-11(7-18-14(8)16)19-15(20)13-6-9-5-10(17)2-3-12(9)21-13/h2-7H,17H2,1H3,(H,19,20). The summed E-state index contributed by atoms with van der Waals surface area (Å²) in [7, 11) is 0. The third-order valence-corrected chi connectivity index (χ3v) is 4.98. The van der Waals surface area contributed by atoms with Gasteiger partial charge in [0.15, 0.2) is 0 Å². The summed E-state index contributed by atoms with van der Waals surface area (Å²) in [5.74, 6) is -0.140. The lowest BCUT2D eigenvalue weighted by molar-refractivity contribution is 0.103. The first-order valence-corrected chi connectivity index (χ1v) is 7.86. The van der Waals surface area contributed by atoms with E-state index < -0.39 is 0 Å². The van der Waals surface area contributed by atoms with Crippen molar-refractivity contribution < 1.29 is 4.79 Å². The highest BCUT2D eigenvalue weighted by molar-refractivity contribution is 9.10. The molecule has 4 nitrogen and oxygen atoms in total. The Labute approximate surface area is 134 Å². The lowest BCUT2D eigenvalue weighted by atomic mass is 10.2. The van der Waals surface area contributed by atoms with Gasteiger partial charge in [0.05, 0.1) is 16.8 Å². The van der Waals surface area contributed by atoms with Gasteiger partial charge in [0.25, 0.3) is 5.91 Å². The fourth-order valence-electron chi connectivity index (χ4n) is 1.99. The number of pyridine rings is 1. The van der Waals surface area contributed by atoms with Gasteiger partial charge in [0, 0.05) is 10.4 Å². The molecule has 0 spiro atoms. The number of aromatic nitrogens is 1. The van der Waals surface area contributed by atoms with Crippen LogP contribution in [0, 0.1) is 6.92 Å². The number of halogens is 1. The van der Waals surface area contributed by atoms with Crippen LogP contribution in [-0.4, -0.2) is 10.9 Å². The number of carbonyl (C=O) groups is 1. The maximum atomic E-state index is 12.3. The number of hydrogen-bond acceptors (Lipinski definition) is 4. The van der Waals surface area contributed by atoms with E-state index in [4.69, 9.17) is 5.73 Å². The Balaban J connectivity index is 1.87. The van der Waals surface area contributed by atoms with Gasteiger partial charge >= 0.3 is 0 Å². The number of nitrogen functional groups attached to an aromatic ring is 1. The lowest BCUT2D eigenvalue weighted by Crippen LogP contribution is -2.10. The second-order valence-electron chi connectivity index (χ2n) is 4.69. The first-order chi connectivity index (χ1) is 10.0. The molecule has 2 heterocycles. The van der Waals surface area contributed by atoms with Gasteiger partial charge in [0.1, 0.15) is 4.60 Å². The molecule has 1 amide bonds. The number of thiophene rings is 1. The third kappa shape index (κ3) is 2.91. The second-order valence-corrected chi connectivity index (χ2v) is 6.53. The van der Waals surface area contributed by atoms with Gasteiger partial charge < -0.3 is 11.1 Å². The van der Waals surface area contributed by atoms with Gasteiger partial charge in [-0.2, -0.15) is 0 Å². The Bertz CT molecular complexity index is 844. The summed E-state index contributed by atoms with van der Waals surface area (Å²) in [6, 6.07) is 9.36. The molecule has 0 radical (unpaired) electrons. The Morgan fingerprint density at radius 3 is 2.90 bits per heavy atom. The van der Waals surface area contributed by atoms with Crippen LogP contribution in [0.3, 0.4) is 0 Å². The number of carbonyl (C=O) groups excluding carboxylic acids is 1. The molecule has 1 aromatic carbocycles. The van der Waals surface area contributed by atoms with Gasteiger partial charge in [-0.05, 0) is 64.1 Å². The van der Waals surface area contributed by atoms with Crippen molar-refractivity contribution in [3.63, 3.8) is 0 Å². The Morgan fingerprint density at radius 1 is 1.33 bits per heavy atom. The highest BCUT2D eigenvalue weighted by Gasteiger charge is 2.11. The van der Waals surface area contributed by atoms with Crippen LogP contribution >= 0.6 is 27.3 Å². The molecule has 0 atom stereocenters. The van der Waals surface area contributed by atoms with E-state index in [0.29, 0.717) is 16.3 Å². The molecule has 0 aliphatic heterocycles. The van der Waals surface area contributed by atoms with E-state index in [0.717, 1.165) is 20.3 Å². The van der Waals surface area contributed by atoms with Crippen molar-refractivity contribution in [3.8, 4) is 0 Å². The topological polar surface area (TPSA) is 68.0 Å². The van der Waals surface area contributed by atoms with Crippen molar-refractivity contribution in [2.24, 2.45) is 0 Å². The highest BCUT2D eigenvalue weighted by atomic mass is 79.9. The molecule has 0 aliphatic rings. The maximum absolute atomic E-state index is 12.3. The van der Waals surface area contributed by atoms with Gasteiger partial charge in [0.2, 0.25) is 0 Å². The molecule has 0 aliphatic carbocycles. The molecule has 3 N–H and O–H groups in total. The minimum absolute atomic E-state index is 0.140. The molecule has 6 heteroatoms. The van der Waals surface area contributed by atoms with Crippen LogP contribution in [0.2, 0.25) is 0 Å². The predicted molar refractivity (Wildman–Crippen MR) is 90.9 cm³/mol. The van der Waals surface area contributed by atoms with E-state index in [2.05, 4.69) is 26.2 Å². The second kappa shape index (κ2) is 5.46. The summed E-state index contributed by atoms with van der Waals surface area (Å²) in [4.78, 5) is 17.1. The predicted octanol–water partition coefficient (Wildman–Crippen LogP) is 4.20. The van der Waals surface area contributed by atoms with Crippen LogP contribution in [0.15, 0.2) is 41.1 Å². The number of fused-ring (bicyclic) bond motifs is 1. The average Bonchev–Trinajstić information content (AvgIpc) is 2.86. The third-order valence-electron chi connectivity index (χ3n) is 3.04. The van der Waals surface area contributed by atoms with Crippen molar-refractivity contribution in [1.29, 1.82) is 0 Å². The maximum Gasteiger partial charge on any atom is 0.265 e. The zero-order valence-corrected chi connectivity index (χ0v) is 13.6. The quantitative estimate of drug-likeness (QED) is 0.530. The summed E-state index contributed by atoms with van der Waals surface area (Å²) >= 11 is 4.78. The van der Waals surface area contributed by atoms with Gasteiger partial charge in [-0.25, -0.2) is 4.98 Å². The SMILES string of the molecule is Cc1cc(NC(=O)c2cc3cc(N)ccc3s2)cnc1Br. The summed E-state index contributed by atoms with van der Waals surface area (Å²) in [6.07, 6.45) is 1.63. The summed E-state index contributed by atoms with van der Waals surface area (Å²) < 4.78 is 1.82. The monoisotopic (exact) mass is 361 g/mol. The zero-order valence-electron chi connectivity index (χ0n) is 11.2. The molecule has 0 fully saturated rings. The molecular weight excluding hydrogens is 350 g/mol. The fourth-order valence-corrected chi connectivity index (χ4v) is 3.15. The molecule has 21 heavy (non-hydrogen) atoms. The molecule has 2 aromatic heterocycles. The van der Waals surface area contributed by atoms with Crippen LogP contribution < -0.4 is 11.1 Å². The van der Waals surface area contributed by atoms with Crippen molar-refractivity contribution in [2.45, 2.75) is 6.92 Å². The van der Waals surface area contributed by atoms with Crippen molar-refractivity contribution in [1.82, 2.24) is 4.98 Å². The van der Waals surface area contributed by atoms with Gasteiger partial charge in [-0.15, -0.1) is 11.3 Å². The number of rotatable bonds is 2. The number of amides is 1. The summed E-state index contributed by atoms with van der Waals surface area (Å²) in [5.41, 5.74) is 8.10. The molecular formula is C15H12BrN3OS. The molecule has 3 aromatic rings. The van der Waals surface area contributed by atoms with Crippen molar-refractivity contribution >= 4 is 54.6 Å². The number of nitrogens with zero attached hydrogens (tertiary/aromatic N) is 1. The minimum atomic E-state index is -0.140. The fraction of sp³-hybridized carbons (Fsp3) is 0.0667. The van der Waals surface area contributed by atoms with Crippen LogP contribution in [0.5, 0.6) is 0 Å². The van der Waals surface area contributed by atoms with E-state index in [-0.39, 0.29) is 5.91 Å². The Hall–Kier alpha value is -1.92. The van der Waals surface area contributed by atoms with Crippen LogP contribution in [0.1, 0.15) is 15.2 Å². The van der Waals surface area contributed by atoms with E-state index >= 15 is 0 Å². The molecule has 3 rings (SSSR count). The molecule has 106 valence electrons. The highest BCUT2D eigenvalue weighted by Crippen LogP contribution is 2.28. The normalized spacial score (nSPS) is 10.8. The number of benzene rings is 1. The number of nitrogens with two attached hydrogens (primary N) is 1. The largest absolute Gasteiger partial charge is 0.399 e. The smallest absolute Gasteiger partial charge is 0.265 e. The lowest BCUT2D eigenvalue weighted by Gasteiger charge is -2.04.